The summed E-state index contributed by atoms with van der Waals surface area (Å²) < 4.78 is 11.9. The van der Waals surface area contributed by atoms with E-state index in [2.05, 4.69) is 45.9 Å². The minimum absolute atomic E-state index is 0.105. The summed E-state index contributed by atoms with van der Waals surface area (Å²) in [6.45, 7) is 9.63. The molecular weight excluding hydrogens is 199 g/mol. The van der Waals surface area contributed by atoms with Crippen molar-refractivity contribution in [3.8, 4) is 0 Å². The normalized spacial score (nSPS) is 28.7. The van der Waals surface area contributed by atoms with Gasteiger partial charge in [0.2, 0.25) is 0 Å². The summed E-state index contributed by atoms with van der Waals surface area (Å²) >= 11 is 0. The van der Waals surface area contributed by atoms with Crippen LogP contribution in [0.25, 0.3) is 0 Å². The van der Waals surface area contributed by atoms with E-state index in [9.17, 15) is 0 Å². The maximum Gasteiger partial charge on any atom is 0.493 e. The first-order valence-corrected chi connectivity index (χ1v) is 6.14. The molecule has 1 aliphatic heterocycles. The van der Waals surface area contributed by atoms with Crippen LogP contribution in [0.2, 0.25) is 0 Å². The minimum atomic E-state index is -0.154. The highest BCUT2D eigenvalue weighted by Gasteiger charge is 2.43. The van der Waals surface area contributed by atoms with Gasteiger partial charge in [-0.2, -0.15) is 0 Å². The summed E-state index contributed by atoms with van der Waals surface area (Å²) in [4.78, 5) is 0. The molecule has 0 aromatic heterocycles. The molecule has 0 bridgehead atoms. The predicted octanol–water partition coefficient (Wildman–Crippen LogP) is 3.00. The number of hydrogen-bond donors (Lipinski definition) is 0. The molecular formula is C13H21BO2. The first-order valence-electron chi connectivity index (χ1n) is 6.14. The molecule has 0 amide bonds. The SMILES string of the molecule is CC(C)C1OB(C2=CCC=C2)OCC1(C)C. The highest BCUT2D eigenvalue weighted by molar-refractivity contribution is 6.55. The fraction of sp³-hybridized carbons (Fsp3) is 0.692. The van der Waals surface area contributed by atoms with E-state index in [0.717, 1.165) is 13.0 Å². The molecule has 0 aromatic carbocycles. The van der Waals surface area contributed by atoms with E-state index < -0.39 is 0 Å². The fourth-order valence-electron chi connectivity index (χ4n) is 2.61. The summed E-state index contributed by atoms with van der Waals surface area (Å²) in [6, 6.07) is 0. The van der Waals surface area contributed by atoms with Gasteiger partial charge in [-0.05, 0) is 17.8 Å². The van der Waals surface area contributed by atoms with Gasteiger partial charge in [-0.15, -0.1) is 0 Å². The van der Waals surface area contributed by atoms with Gasteiger partial charge in [0.25, 0.3) is 0 Å². The zero-order valence-corrected chi connectivity index (χ0v) is 10.7. The lowest BCUT2D eigenvalue weighted by Crippen LogP contribution is -2.50. The van der Waals surface area contributed by atoms with Gasteiger partial charge in [0, 0.05) is 12.0 Å². The Bertz CT molecular complexity index is 318. The first-order chi connectivity index (χ1) is 7.50. The minimum Gasteiger partial charge on any atom is -0.407 e. The van der Waals surface area contributed by atoms with Crippen molar-refractivity contribution in [3.63, 3.8) is 0 Å². The Morgan fingerprint density at radius 1 is 1.44 bits per heavy atom. The van der Waals surface area contributed by atoms with Crippen LogP contribution in [0.4, 0.5) is 0 Å². The topological polar surface area (TPSA) is 18.5 Å². The van der Waals surface area contributed by atoms with E-state index in [-0.39, 0.29) is 18.6 Å². The molecule has 0 aromatic rings. The third-order valence-electron chi connectivity index (χ3n) is 3.32. The van der Waals surface area contributed by atoms with Crippen molar-refractivity contribution in [2.24, 2.45) is 11.3 Å². The van der Waals surface area contributed by atoms with E-state index in [1.807, 2.05) is 0 Å². The molecule has 3 heteroatoms. The van der Waals surface area contributed by atoms with Gasteiger partial charge >= 0.3 is 7.12 Å². The van der Waals surface area contributed by atoms with Crippen molar-refractivity contribution in [2.75, 3.05) is 6.61 Å². The molecule has 2 nitrogen and oxygen atoms in total. The fourth-order valence-corrected chi connectivity index (χ4v) is 2.61. The van der Waals surface area contributed by atoms with Crippen molar-refractivity contribution >= 4 is 7.12 Å². The van der Waals surface area contributed by atoms with E-state index >= 15 is 0 Å². The summed E-state index contributed by atoms with van der Waals surface area (Å²) in [5, 5.41) is 0. The number of rotatable bonds is 2. The Balaban J connectivity index is 2.09. The third kappa shape index (κ3) is 2.25. The standard InChI is InChI=1S/C13H21BO2/c1-10(2)12-13(3,4)9-15-14(16-12)11-7-5-6-8-11/h5,7-8,10,12H,6,9H2,1-4H3. The highest BCUT2D eigenvalue weighted by Crippen LogP contribution is 2.35. The average molecular weight is 220 g/mol. The lowest BCUT2D eigenvalue weighted by molar-refractivity contribution is -0.0574. The lowest BCUT2D eigenvalue weighted by atomic mass is 9.71. The molecule has 1 atom stereocenters. The summed E-state index contributed by atoms with van der Waals surface area (Å²) in [6.07, 6.45) is 7.71. The smallest absolute Gasteiger partial charge is 0.407 e. The molecule has 1 unspecified atom stereocenters. The predicted molar refractivity (Wildman–Crippen MR) is 67.0 cm³/mol. The Kier molecular flexibility index (Phi) is 3.27. The van der Waals surface area contributed by atoms with Crippen LogP contribution in [0.15, 0.2) is 23.7 Å². The molecule has 0 N–H and O–H groups in total. The zero-order chi connectivity index (χ0) is 11.8. The van der Waals surface area contributed by atoms with Crippen LogP contribution in [0, 0.1) is 11.3 Å². The Morgan fingerprint density at radius 3 is 2.75 bits per heavy atom. The molecule has 88 valence electrons. The Hall–Kier alpha value is -0.535. The monoisotopic (exact) mass is 220 g/mol. The van der Waals surface area contributed by atoms with Gasteiger partial charge in [-0.25, -0.2) is 0 Å². The van der Waals surface area contributed by atoms with Crippen molar-refractivity contribution in [1.29, 1.82) is 0 Å². The van der Waals surface area contributed by atoms with Crippen LogP contribution in [-0.2, 0) is 9.31 Å². The van der Waals surface area contributed by atoms with Gasteiger partial charge in [0.1, 0.15) is 0 Å². The van der Waals surface area contributed by atoms with E-state index in [4.69, 9.17) is 9.31 Å². The largest absolute Gasteiger partial charge is 0.493 e. The second kappa shape index (κ2) is 4.38. The van der Waals surface area contributed by atoms with E-state index in [1.165, 1.54) is 5.47 Å². The van der Waals surface area contributed by atoms with Crippen LogP contribution >= 0.6 is 0 Å². The molecule has 1 fully saturated rings. The van der Waals surface area contributed by atoms with Crippen LogP contribution < -0.4 is 0 Å². The summed E-state index contributed by atoms with van der Waals surface area (Å²) in [5.74, 6) is 0.521. The number of allylic oxidation sites excluding steroid dienone is 4. The molecule has 2 aliphatic rings. The van der Waals surface area contributed by atoms with Gasteiger partial charge in [-0.3, -0.25) is 0 Å². The van der Waals surface area contributed by atoms with Gasteiger partial charge in [0.05, 0.1) is 6.10 Å². The Labute approximate surface area is 98.8 Å². The second-order valence-electron chi connectivity index (χ2n) is 5.77. The molecule has 0 saturated carbocycles. The average Bonchev–Trinajstić information content (AvgIpc) is 2.69. The van der Waals surface area contributed by atoms with E-state index in [1.54, 1.807) is 0 Å². The second-order valence-corrected chi connectivity index (χ2v) is 5.77. The van der Waals surface area contributed by atoms with Gasteiger partial charge in [0.15, 0.2) is 0 Å². The first kappa shape index (κ1) is 11.9. The van der Waals surface area contributed by atoms with Gasteiger partial charge in [-0.1, -0.05) is 45.9 Å². The summed E-state index contributed by atoms with van der Waals surface area (Å²) in [7, 11) is -0.154. The maximum atomic E-state index is 6.11. The molecule has 0 spiro atoms. The zero-order valence-electron chi connectivity index (χ0n) is 10.7. The van der Waals surface area contributed by atoms with Crippen LogP contribution in [0.5, 0.6) is 0 Å². The quantitative estimate of drug-likeness (QED) is 0.666. The molecule has 1 aliphatic carbocycles. The molecule has 2 rings (SSSR count). The van der Waals surface area contributed by atoms with E-state index in [0.29, 0.717) is 5.92 Å². The van der Waals surface area contributed by atoms with Crippen molar-refractivity contribution in [3.05, 3.63) is 23.7 Å². The maximum absolute atomic E-state index is 6.11. The molecule has 16 heavy (non-hydrogen) atoms. The summed E-state index contributed by atoms with van der Waals surface area (Å²) in [5.41, 5.74) is 1.29. The molecule has 0 radical (unpaired) electrons. The van der Waals surface area contributed by atoms with Gasteiger partial charge < -0.3 is 9.31 Å². The van der Waals surface area contributed by atoms with Crippen molar-refractivity contribution in [1.82, 2.24) is 0 Å². The highest BCUT2D eigenvalue weighted by atomic mass is 16.6. The van der Waals surface area contributed by atoms with Crippen LogP contribution in [-0.4, -0.2) is 19.8 Å². The van der Waals surface area contributed by atoms with Crippen molar-refractivity contribution < 1.29 is 9.31 Å². The number of hydrogen-bond acceptors (Lipinski definition) is 2. The molecule has 1 saturated heterocycles. The lowest BCUT2D eigenvalue weighted by Gasteiger charge is -2.43. The van der Waals surface area contributed by atoms with Crippen LogP contribution in [0.3, 0.4) is 0 Å². The molecule has 1 heterocycles. The van der Waals surface area contributed by atoms with Crippen molar-refractivity contribution in [2.45, 2.75) is 40.2 Å². The Morgan fingerprint density at radius 2 is 2.19 bits per heavy atom. The third-order valence-corrected chi connectivity index (χ3v) is 3.32. The van der Waals surface area contributed by atoms with Crippen LogP contribution in [0.1, 0.15) is 34.1 Å².